The average Bonchev–Trinajstić information content (AvgIpc) is 3.14. The number of piperazine rings is 1. The van der Waals surface area contributed by atoms with E-state index in [-0.39, 0.29) is 0 Å². The first-order valence-corrected chi connectivity index (χ1v) is 7.55. The molecule has 0 aromatic carbocycles. The molecule has 1 aliphatic heterocycles. The van der Waals surface area contributed by atoms with Crippen LogP contribution in [-0.2, 0) is 0 Å². The number of hydrogen-bond acceptors (Lipinski definition) is 5. The molecule has 2 aliphatic rings. The maximum absolute atomic E-state index is 11.5. The number of rotatable bonds is 3. The van der Waals surface area contributed by atoms with Crippen molar-refractivity contribution in [2.45, 2.75) is 18.8 Å². The van der Waals surface area contributed by atoms with Crippen molar-refractivity contribution < 1.29 is 4.79 Å². The lowest BCUT2D eigenvalue weighted by Gasteiger charge is -2.33. The van der Waals surface area contributed by atoms with Crippen LogP contribution < -0.4 is 16.4 Å². The van der Waals surface area contributed by atoms with Gasteiger partial charge in [-0.25, -0.2) is 0 Å². The summed E-state index contributed by atoms with van der Waals surface area (Å²) in [5, 5.41) is 1.18. The zero-order valence-corrected chi connectivity index (χ0v) is 12.0. The van der Waals surface area contributed by atoms with E-state index in [1.807, 2.05) is 0 Å². The van der Waals surface area contributed by atoms with Crippen molar-refractivity contribution in [1.82, 2.24) is 4.90 Å². The fraction of sp³-hybridized carbons (Fsp3) is 0.615. The van der Waals surface area contributed by atoms with E-state index in [0.29, 0.717) is 16.5 Å². The van der Waals surface area contributed by atoms with Gasteiger partial charge in [-0.2, -0.15) is 0 Å². The molecule has 1 aromatic rings. The molecule has 1 amide bonds. The first kappa shape index (κ1) is 12.7. The molecular formula is C13H20N4OS. The number of nitrogens with zero attached hydrogens (tertiary/aromatic N) is 2. The second-order valence-corrected chi connectivity index (χ2v) is 6.49. The van der Waals surface area contributed by atoms with E-state index in [9.17, 15) is 4.79 Å². The molecule has 19 heavy (non-hydrogen) atoms. The number of nitrogens with two attached hydrogens (primary N) is 2. The predicted molar refractivity (Wildman–Crippen MR) is 78.9 cm³/mol. The predicted octanol–water partition coefficient (Wildman–Crippen LogP) is 1.06. The molecule has 0 bridgehead atoms. The van der Waals surface area contributed by atoms with Crippen molar-refractivity contribution in [2.24, 2.45) is 5.73 Å². The third kappa shape index (κ3) is 2.30. The van der Waals surface area contributed by atoms with Crippen LogP contribution in [0.25, 0.3) is 0 Å². The summed E-state index contributed by atoms with van der Waals surface area (Å²) < 4.78 is 0. The van der Waals surface area contributed by atoms with Gasteiger partial charge >= 0.3 is 0 Å². The Kier molecular flexibility index (Phi) is 3.14. The largest absolute Gasteiger partial charge is 0.397 e. The molecular weight excluding hydrogens is 260 g/mol. The Morgan fingerprint density at radius 2 is 1.89 bits per heavy atom. The van der Waals surface area contributed by atoms with Gasteiger partial charge in [0.2, 0.25) is 0 Å². The van der Waals surface area contributed by atoms with Crippen LogP contribution >= 0.6 is 11.3 Å². The summed E-state index contributed by atoms with van der Waals surface area (Å²) >= 11 is 1.48. The third-order valence-corrected chi connectivity index (χ3v) is 5.26. The number of amides is 1. The summed E-state index contributed by atoms with van der Waals surface area (Å²) in [7, 11) is 2.14. The van der Waals surface area contributed by atoms with E-state index in [2.05, 4.69) is 16.8 Å². The van der Waals surface area contributed by atoms with Gasteiger partial charge in [-0.1, -0.05) is 0 Å². The molecule has 104 valence electrons. The van der Waals surface area contributed by atoms with Crippen molar-refractivity contribution in [2.75, 3.05) is 43.9 Å². The van der Waals surface area contributed by atoms with Crippen LogP contribution in [-0.4, -0.2) is 44.0 Å². The van der Waals surface area contributed by atoms with Gasteiger partial charge in [0.1, 0.15) is 4.88 Å². The number of thiophene rings is 1. The Labute approximate surface area is 117 Å². The number of likely N-dealkylation sites (N-methyl/N-ethyl adjacent to an activating group) is 1. The van der Waals surface area contributed by atoms with Gasteiger partial charge in [0, 0.05) is 31.7 Å². The van der Waals surface area contributed by atoms with Gasteiger partial charge in [-0.05, 0) is 25.8 Å². The highest BCUT2D eigenvalue weighted by Crippen LogP contribution is 2.51. The highest BCUT2D eigenvalue weighted by Gasteiger charge is 2.34. The van der Waals surface area contributed by atoms with Crippen LogP contribution in [0.2, 0.25) is 0 Å². The molecule has 1 saturated heterocycles. The molecule has 1 saturated carbocycles. The summed E-state index contributed by atoms with van der Waals surface area (Å²) in [5.74, 6) is 0.142. The van der Waals surface area contributed by atoms with Gasteiger partial charge in [0.15, 0.2) is 0 Å². The van der Waals surface area contributed by atoms with Crippen molar-refractivity contribution >= 4 is 27.9 Å². The number of nitrogen functional groups attached to an aromatic ring is 1. The topological polar surface area (TPSA) is 75.6 Å². The minimum Gasteiger partial charge on any atom is -0.397 e. The van der Waals surface area contributed by atoms with Crippen molar-refractivity contribution in [3.63, 3.8) is 0 Å². The third-order valence-electron chi connectivity index (χ3n) is 3.96. The van der Waals surface area contributed by atoms with Gasteiger partial charge in [0.25, 0.3) is 5.91 Å². The van der Waals surface area contributed by atoms with Gasteiger partial charge in [-0.15, -0.1) is 11.3 Å². The minimum absolute atomic E-state index is 0.398. The molecule has 3 rings (SSSR count). The fourth-order valence-corrected chi connectivity index (χ4v) is 3.85. The number of carbonyl (C=O) groups excluding carboxylic acids is 1. The lowest BCUT2D eigenvalue weighted by atomic mass is 10.1. The van der Waals surface area contributed by atoms with E-state index in [4.69, 9.17) is 11.5 Å². The maximum Gasteiger partial charge on any atom is 0.260 e. The van der Waals surface area contributed by atoms with Crippen molar-refractivity contribution in [3.8, 4) is 0 Å². The zero-order chi connectivity index (χ0) is 13.6. The summed E-state index contributed by atoms with van der Waals surface area (Å²) in [6.07, 6.45) is 2.36. The van der Waals surface area contributed by atoms with Crippen LogP contribution in [0, 0.1) is 0 Å². The monoisotopic (exact) mass is 280 g/mol. The number of hydrogen-bond donors (Lipinski definition) is 2. The standard InChI is InChI=1S/C13H20N4OS/c1-16-4-6-17(7-5-16)13-9(8-2-3-8)10(14)11(19-13)12(15)18/h8H,2-7,14H2,1H3,(H2,15,18). The van der Waals surface area contributed by atoms with Crippen molar-refractivity contribution in [3.05, 3.63) is 10.4 Å². The fourth-order valence-electron chi connectivity index (χ4n) is 2.64. The van der Waals surface area contributed by atoms with E-state index < -0.39 is 5.91 Å². The summed E-state index contributed by atoms with van der Waals surface area (Å²) in [5.41, 5.74) is 13.4. The van der Waals surface area contributed by atoms with Crippen LogP contribution in [0.4, 0.5) is 10.7 Å². The van der Waals surface area contributed by atoms with Crippen LogP contribution in [0.15, 0.2) is 0 Å². The van der Waals surface area contributed by atoms with Crippen molar-refractivity contribution in [1.29, 1.82) is 0 Å². The van der Waals surface area contributed by atoms with Crippen LogP contribution in [0.3, 0.4) is 0 Å². The lowest BCUT2D eigenvalue weighted by molar-refractivity contribution is 0.100. The highest BCUT2D eigenvalue weighted by atomic mass is 32.1. The molecule has 4 N–H and O–H groups in total. The normalized spacial score (nSPS) is 20.8. The Morgan fingerprint density at radius 3 is 2.42 bits per heavy atom. The molecule has 5 nitrogen and oxygen atoms in total. The Morgan fingerprint density at radius 1 is 1.26 bits per heavy atom. The zero-order valence-electron chi connectivity index (χ0n) is 11.2. The Hall–Kier alpha value is -1.27. The quantitative estimate of drug-likeness (QED) is 0.868. The minimum atomic E-state index is -0.398. The SMILES string of the molecule is CN1CCN(c2sc(C(N)=O)c(N)c2C2CC2)CC1. The smallest absolute Gasteiger partial charge is 0.260 e. The highest BCUT2D eigenvalue weighted by molar-refractivity contribution is 7.18. The molecule has 0 radical (unpaired) electrons. The molecule has 1 aliphatic carbocycles. The molecule has 6 heteroatoms. The van der Waals surface area contributed by atoms with E-state index in [1.165, 1.54) is 34.7 Å². The maximum atomic E-state index is 11.5. The lowest BCUT2D eigenvalue weighted by Crippen LogP contribution is -2.44. The van der Waals surface area contributed by atoms with E-state index in [0.717, 1.165) is 26.2 Å². The second kappa shape index (κ2) is 4.68. The molecule has 0 unspecified atom stereocenters. The molecule has 0 atom stereocenters. The molecule has 2 heterocycles. The Bertz CT molecular complexity index is 501. The molecule has 1 aromatic heterocycles. The van der Waals surface area contributed by atoms with Gasteiger partial charge in [0.05, 0.1) is 10.7 Å². The van der Waals surface area contributed by atoms with E-state index >= 15 is 0 Å². The summed E-state index contributed by atoms with van der Waals surface area (Å²) in [4.78, 5) is 16.7. The van der Waals surface area contributed by atoms with Crippen LogP contribution in [0.5, 0.6) is 0 Å². The first-order valence-electron chi connectivity index (χ1n) is 6.73. The summed E-state index contributed by atoms with van der Waals surface area (Å²) in [6, 6.07) is 0. The molecule has 0 spiro atoms. The number of carbonyl (C=O) groups is 1. The molecule has 2 fully saturated rings. The second-order valence-electron chi connectivity index (χ2n) is 5.49. The number of anilines is 2. The van der Waals surface area contributed by atoms with Gasteiger partial charge in [-0.3, -0.25) is 4.79 Å². The summed E-state index contributed by atoms with van der Waals surface area (Å²) in [6.45, 7) is 4.09. The number of primary amides is 1. The van der Waals surface area contributed by atoms with E-state index in [1.54, 1.807) is 0 Å². The van der Waals surface area contributed by atoms with Gasteiger partial charge < -0.3 is 21.3 Å². The Balaban J connectivity index is 1.95. The van der Waals surface area contributed by atoms with Crippen LogP contribution in [0.1, 0.15) is 34.0 Å². The first-order chi connectivity index (χ1) is 9.08. The average molecular weight is 280 g/mol.